The number of aliphatic hydroxyl groups excluding tert-OH is 1. The number of fused-ring (bicyclic) bond motifs is 1. The Kier molecular flexibility index (Phi) is 2.01. The van der Waals surface area contributed by atoms with Crippen LogP contribution in [0.25, 0.3) is 0 Å². The molecule has 1 heterocycles. The van der Waals surface area contributed by atoms with Crippen molar-refractivity contribution in [3.05, 3.63) is 34.9 Å². The first-order chi connectivity index (χ1) is 6.48. The van der Waals surface area contributed by atoms with Gasteiger partial charge in [-0.25, -0.2) is 0 Å². The number of hydrogen-bond donors (Lipinski definition) is 1. The second-order valence-electron chi connectivity index (χ2n) is 3.07. The van der Waals surface area contributed by atoms with Crippen molar-refractivity contribution in [1.82, 2.24) is 0 Å². The van der Waals surface area contributed by atoms with Gasteiger partial charge in [0.15, 0.2) is 6.29 Å². The summed E-state index contributed by atoms with van der Waals surface area (Å²) in [6.45, 7) is 0.161. The maximum atomic E-state index is 12.3. The summed E-state index contributed by atoms with van der Waals surface area (Å²) in [7, 11) is 0. The van der Waals surface area contributed by atoms with Crippen molar-refractivity contribution >= 4 is 0 Å². The van der Waals surface area contributed by atoms with E-state index in [-0.39, 0.29) is 12.2 Å². The van der Waals surface area contributed by atoms with Crippen LogP contribution in [0.2, 0.25) is 0 Å². The van der Waals surface area contributed by atoms with E-state index in [1.807, 2.05) is 0 Å². The smallest absolute Gasteiger partial charge is 0.364 e. The molecule has 2 rings (SSSR count). The average molecular weight is 204 g/mol. The van der Waals surface area contributed by atoms with E-state index in [9.17, 15) is 18.3 Å². The highest BCUT2D eigenvalue weighted by molar-refractivity contribution is 5.35. The van der Waals surface area contributed by atoms with Gasteiger partial charge in [0, 0.05) is 5.56 Å². The lowest BCUT2D eigenvalue weighted by molar-refractivity contribution is -0.137. The molecule has 1 aromatic rings. The normalized spacial score (nSPS) is 21.0. The summed E-state index contributed by atoms with van der Waals surface area (Å²) in [4.78, 5) is 0. The lowest BCUT2D eigenvalue weighted by Crippen LogP contribution is -2.06. The van der Waals surface area contributed by atoms with Gasteiger partial charge in [0.1, 0.15) is 0 Å². The molecule has 0 fully saturated rings. The molecule has 0 radical (unpaired) electrons. The topological polar surface area (TPSA) is 29.5 Å². The predicted octanol–water partition coefficient (Wildman–Crippen LogP) is 2.23. The van der Waals surface area contributed by atoms with Gasteiger partial charge in [0.05, 0.1) is 12.2 Å². The zero-order chi connectivity index (χ0) is 10.3. The van der Waals surface area contributed by atoms with Crippen LogP contribution < -0.4 is 0 Å². The van der Waals surface area contributed by atoms with Crippen LogP contribution in [0.4, 0.5) is 13.2 Å². The van der Waals surface area contributed by atoms with E-state index in [0.29, 0.717) is 5.56 Å². The molecule has 1 aromatic carbocycles. The molecule has 0 spiro atoms. The number of rotatable bonds is 0. The Balaban J connectivity index is 2.45. The number of hydrogen-bond acceptors (Lipinski definition) is 2. The molecule has 0 saturated heterocycles. The zero-order valence-electron chi connectivity index (χ0n) is 7.01. The number of aliphatic hydroxyl groups is 1. The second kappa shape index (κ2) is 2.96. The minimum absolute atomic E-state index is 0.161. The SMILES string of the molecule is OC1OCc2ccc(C(F)(F)F)cc21. The van der Waals surface area contributed by atoms with Gasteiger partial charge in [-0.15, -0.1) is 0 Å². The van der Waals surface area contributed by atoms with Gasteiger partial charge >= 0.3 is 6.18 Å². The highest BCUT2D eigenvalue weighted by Crippen LogP contribution is 2.35. The first-order valence-corrected chi connectivity index (χ1v) is 3.98. The van der Waals surface area contributed by atoms with Crippen LogP contribution in [-0.2, 0) is 17.5 Å². The zero-order valence-corrected chi connectivity index (χ0v) is 7.01. The van der Waals surface area contributed by atoms with Gasteiger partial charge in [-0.05, 0) is 17.7 Å². The lowest BCUT2D eigenvalue weighted by atomic mass is 10.1. The van der Waals surface area contributed by atoms with E-state index in [1.54, 1.807) is 0 Å². The molecule has 14 heavy (non-hydrogen) atoms. The van der Waals surface area contributed by atoms with Crippen molar-refractivity contribution in [1.29, 1.82) is 0 Å². The fraction of sp³-hybridized carbons (Fsp3) is 0.333. The number of alkyl halides is 3. The Bertz CT molecular complexity index is 360. The van der Waals surface area contributed by atoms with Crippen molar-refractivity contribution in [3.63, 3.8) is 0 Å². The Hall–Kier alpha value is -1.07. The van der Waals surface area contributed by atoms with Gasteiger partial charge < -0.3 is 9.84 Å². The van der Waals surface area contributed by atoms with Crippen molar-refractivity contribution in [3.8, 4) is 0 Å². The Labute approximate surface area is 77.9 Å². The molecule has 0 aromatic heterocycles. The Morgan fingerprint density at radius 1 is 1.36 bits per heavy atom. The fourth-order valence-corrected chi connectivity index (χ4v) is 1.39. The summed E-state index contributed by atoms with van der Waals surface area (Å²) in [5.41, 5.74) is 0.0473. The largest absolute Gasteiger partial charge is 0.416 e. The summed E-state index contributed by atoms with van der Waals surface area (Å²) in [6, 6.07) is 3.24. The molecule has 0 aliphatic carbocycles. The van der Waals surface area contributed by atoms with E-state index in [1.165, 1.54) is 6.07 Å². The molecule has 1 aliphatic rings. The molecule has 1 N–H and O–H groups in total. The summed E-state index contributed by atoms with van der Waals surface area (Å²) in [5, 5.41) is 9.18. The van der Waals surface area contributed by atoms with Crippen LogP contribution in [0.15, 0.2) is 18.2 Å². The molecule has 0 saturated carbocycles. The summed E-state index contributed by atoms with van der Waals surface area (Å²) in [5.74, 6) is 0. The first-order valence-electron chi connectivity index (χ1n) is 3.98. The van der Waals surface area contributed by atoms with Crippen LogP contribution in [-0.4, -0.2) is 5.11 Å². The van der Waals surface area contributed by atoms with E-state index in [2.05, 4.69) is 0 Å². The standard InChI is InChI=1S/C9H7F3O2/c10-9(11,12)6-2-1-5-4-14-8(13)7(5)3-6/h1-3,8,13H,4H2. The van der Waals surface area contributed by atoms with E-state index in [4.69, 9.17) is 4.74 Å². The van der Waals surface area contributed by atoms with Crippen LogP contribution in [0.5, 0.6) is 0 Å². The second-order valence-corrected chi connectivity index (χ2v) is 3.07. The van der Waals surface area contributed by atoms with E-state index < -0.39 is 18.0 Å². The molecule has 76 valence electrons. The Morgan fingerprint density at radius 3 is 2.71 bits per heavy atom. The highest BCUT2D eigenvalue weighted by Gasteiger charge is 2.33. The van der Waals surface area contributed by atoms with Crippen molar-refractivity contribution in [2.75, 3.05) is 0 Å². The third kappa shape index (κ3) is 1.49. The first kappa shape index (κ1) is 9.48. The van der Waals surface area contributed by atoms with Crippen LogP contribution >= 0.6 is 0 Å². The number of ether oxygens (including phenoxy) is 1. The quantitative estimate of drug-likeness (QED) is 0.702. The van der Waals surface area contributed by atoms with Gasteiger partial charge in [0.2, 0.25) is 0 Å². The lowest BCUT2D eigenvalue weighted by Gasteiger charge is -2.08. The van der Waals surface area contributed by atoms with Gasteiger partial charge in [-0.1, -0.05) is 6.07 Å². The highest BCUT2D eigenvalue weighted by atomic mass is 19.4. The average Bonchev–Trinajstić information content (AvgIpc) is 2.46. The van der Waals surface area contributed by atoms with Crippen LogP contribution in [0.3, 0.4) is 0 Å². The molecular formula is C9H7F3O2. The Morgan fingerprint density at radius 2 is 2.07 bits per heavy atom. The maximum Gasteiger partial charge on any atom is 0.416 e. The van der Waals surface area contributed by atoms with Gasteiger partial charge in [-0.3, -0.25) is 0 Å². The van der Waals surface area contributed by atoms with Gasteiger partial charge in [-0.2, -0.15) is 13.2 Å². The monoisotopic (exact) mass is 204 g/mol. The van der Waals surface area contributed by atoms with Crippen LogP contribution in [0, 0.1) is 0 Å². The predicted molar refractivity (Wildman–Crippen MR) is 41.2 cm³/mol. The minimum Gasteiger partial charge on any atom is -0.364 e. The summed E-state index contributed by atoms with van der Waals surface area (Å²) < 4.78 is 41.6. The summed E-state index contributed by atoms with van der Waals surface area (Å²) >= 11 is 0. The molecule has 5 heteroatoms. The molecular weight excluding hydrogens is 197 g/mol. The maximum absolute atomic E-state index is 12.3. The van der Waals surface area contributed by atoms with E-state index in [0.717, 1.165) is 12.1 Å². The number of benzene rings is 1. The van der Waals surface area contributed by atoms with Crippen molar-refractivity contribution in [2.24, 2.45) is 0 Å². The molecule has 1 aliphatic heterocycles. The fourth-order valence-electron chi connectivity index (χ4n) is 1.39. The number of halogens is 3. The van der Waals surface area contributed by atoms with Crippen molar-refractivity contribution in [2.45, 2.75) is 19.1 Å². The molecule has 1 unspecified atom stereocenters. The molecule has 2 nitrogen and oxygen atoms in total. The minimum atomic E-state index is -4.38. The summed E-state index contributed by atoms with van der Waals surface area (Å²) in [6.07, 6.45) is -5.61. The molecule has 0 bridgehead atoms. The molecule has 1 atom stereocenters. The van der Waals surface area contributed by atoms with Gasteiger partial charge in [0.25, 0.3) is 0 Å². The third-order valence-electron chi connectivity index (χ3n) is 2.14. The van der Waals surface area contributed by atoms with Crippen molar-refractivity contribution < 1.29 is 23.0 Å². The third-order valence-corrected chi connectivity index (χ3v) is 2.14. The van der Waals surface area contributed by atoms with Crippen LogP contribution in [0.1, 0.15) is 23.0 Å². The molecule has 0 amide bonds. The van der Waals surface area contributed by atoms with E-state index >= 15 is 0 Å².